The third-order valence-electron chi connectivity index (χ3n) is 4.11. The number of carbonyl (C=O) groups excluding carboxylic acids is 1. The number of amides is 1. The van der Waals surface area contributed by atoms with Crippen LogP contribution in [0, 0.1) is 11.3 Å². The maximum Gasteiger partial charge on any atom is 0.279 e. The zero-order chi connectivity index (χ0) is 18.4. The van der Waals surface area contributed by atoms with Gasteiger partial charge >= 0.3 is 0 Å². The van der Waals surface area contributed by atoms with Crippen molar-refractivity contribution in [3.63, 3.8) is 0 Å². The normalized spacial score (nSPS) is 12.3. The minimum absolute atomic E-state index is 0.0912. The average molecular weight is 336 g/mol. The lowest BCUT2D eigenvalue weighted by atomic mass is 9.87. The molecule has 0 bridgehead atoms. The summed E-state index contributed by atoms with van der Waals surface area (Å²) in [7, 11) is 1.99. The van der Waals surface area contributed by atoms with E-state index in [-0.39, 0.29) is 11.3 Å². The van der Waals surface area contributed by atoms with E-state index < -0.39 is 0 Å². The monoisotopic (exact) mass is 336 g/mol. The predicted octanol–water partition coefficient (Wildman–Crippen LogP) is 2.51. The number of hydrogen-bond donors (Lipinski definition) is 2. The van der Waals surface area contributed by atoms with Gasteiger partial charge in [0.15, 0.2) is 6.54 Å². The van der Waals surface area contributed by atoms with Gasteiger partial charge in [0, 0.05) is 5.56 Å². The van der Waals surface area contributed by atoms with Crippen molar-refractivity contribution >= 4 is 11.6 Å². The van der Waals surface area contributed by atoms with Gasteiger partial charge in [-0.1, -0.05) is 57.2 Å². The fourth-order valence-corrected chi connectivity index (χ4v) is 2.69. The van der Waals surface area contributed by atoms with Crippen LogP contribution in [0.25, 0.3) is 0 Å². The van der Waals surface area contributed by atoms with Crippen molar-refractivity contribution in [1.82, 2.24) is 0 Å². The third kappa shape index (κ3) is 5.44. The Morgan fingerprint density at radius 1 is 1.12 bits per heavy atom. The molecule has 0 aliphatic rings. The molecule has 0 aromatic heterocycles. The number of quaternary nitrogens is 1. The molecule has 0 heterocycles. The van der Waals surface area contributed by atoms with Crippen molar-refractivity contribution in [1.29, 1.82) is 5.26 Å². The summed E-state index contributed by atoms with van der Waals surface area (Å²) in [5.74, 6) is -0.0912. The molecule has 0 aliphatic carbocycles. The lowest BCUT2D eigenvalue weighted by Gasteiger charge is -2.19. The van der Waals surface area contributed by atoms with Gasteiger partial charge in [-0.05, 0) is 23.1 Å². The largest absolute Gasteiger partial charge is 0.326 e. The highest BCUT2D eigenvalue weighted by molar-refractivity contribution is 5.92. The molecule has 2 N–H and O–H groups in total. The first-order valence-electron chi connectivity index (χ1n) is 8.49. The van der Waals surface area contributed by atoms with Crippen LogP contribution in [0.1, 0.15) is 37.5 Å². The summed E-state index contributed by atoms with van der Waals surface area (Å²) in [6, 6.07) is 17.7. The summed E-state index contributed by atoms with van der Waals surface area (Å²) < 4.78 is 0. The number of nitriles is 1. The van der Waals surface area contributed by atoms with Gasteiger partial charge < -0.3 is 10.2 Å². The van der Waals surface area contributed by atoms with E-state index in [1.165, 1.54) is 11.1 Å². The molecule has 130 valence electrons. The number of benzene rings is 2. The Hall–Kier alpha value is -2.64. The summed E-state index contributed by atoms with van der Waals surface area (Å²) in [5.41, 5.74) is 3.70. The molecule has 2 rings (SSSR count). The highest BCUT2D eigenvalue weighted by Gasteiger charge is 2.15. The number of nitrogens with zero attached hydrogens (tertiary/aromatic N) is 1. The van der Waals surface area contributed by atoms with Crippen LogP contribution in [0.2, 0.25) is 0 Å². The van der Waals surface area contributed by atoms with Gasteiger partial charge in [0.05, 0.1) is 18.3 Å². The minimum Gasteiger partial charge on any atom is -0.326 e. The van der Waals surface area contributed by atoms with E-state index in [0.717, 1.165) is 11.4 Å². The van der Waals surface area contributed by atoms with E-state index in [2.05, 4.69) is 56.4 Å². The standard InChI is InChI=1S/C21H25N3O/c1-21(2,3)18-11-9-16(10-12-18)14-24(4)15-20(25)23-19-8-6-5-7-17(19)13-22/h5-12H,14-15H2,1-4H3,(H,23,25)/p+1. The molecule has 0 saturated carbocycles. The van der Waals surface area contributed by atoms with E-state index in [0.29, 0.717) is 17.8 Å². The fourth-order valence-electron chi connectivity index (χ4n) is 2.69. The Balaban J connectivity index is 1.92. The summed E-state index contributed by atoms with van der Waals surface area (Å²) in [6.07, 6.45) is 0. The molecular weight excluding hydrogens is 310 g/mol. The fraction of sp³-hybridized carbons (Fsp3) is 0.333. The van der Waals surface area contributed by atoms with Crippen molar-refractivity contribution < 1.29 is 9.69 Å². The lowest BCUT2D eigenvalue weighted by Crippen LogP contribution is -3.08. The molecule has 0 radical (unpaired) electrons. The molecule has 4 nitrogen and oxygen atoms in total. The maximum absolute atomic E-state index is 12.2. The third-order valence-corrected chi connectivity index (χ3v) is 4.11. The number of likely N-dealkylation sites (N-methyl/N-ethyl adjacent to an activating group) is 1. The van der Waals surface area contributed by atoms with Crippen molar-refractivity contribution in [3.8, 4) is 6.07 Å². The second kappa shape index (κ2) is 7.96. The van der Waals surface area contributed by atoms with Crippen molar-refractivity contribution in [3.05, 3.63) is 65.2 Å². The summed E-state index contributed by atoms with van der Waals surface area (Å²) in [6.45, 7) is 7.72. The van der Waals surface area contributed by atoms with Gasteiger partial charge in [0.1, 0.15) is 12.6 Å². The number of rotatable bonds is 5. The molecular formula is C21H26N3O+. The molecule has 0 saturated heterocycles. The summed E-state index contributed by atoms with van der Waals surface area (Å²) in [4.78, 5) is 13.3. The second-order valence-electron chi connectivity index (χ2n) is 7.46. The molecule has 4 heteroatoms. The number of para-hydroxylation sites is 1. The Kier molecular flexibility index (Phi) is 5.95. The van der Waals surface area contributed by atoms with E-state index in [1.54, 1.807) is 18.2 Å². The van der Waals surface area contributed by atoms with Crippen LogP contribution in [-0.2, 0) is 16.8 Å². The first-order chi connectivity index (χ1) is 11.8. The van der Waals surface area contributed by atoms with E-state index in [4.69, 9.17) is 5.26 Å². The van der Waals surface area contributed by atoms with Gasteiger partial charge in [-0.25, -0.2) is 0 Å². The molecule has 1 amide bonds. The van der Waals surface area contributed by atoms with Gasteiger partial charge in [-0.15, -0.1) is 0 Å². The summed E-state index contributed by atoms with van der Waals surface area (Å²) >= 11 is 0. The van der Waals surface area contributed by atoms with Crippen molar-refractivity contribution in [2.75, 3.05) is 18.9 Å². The van der Waals surface area contributed by atoms with Gasteiger partial charge in [0.2, 0.25) is 0 Å². The molecule has 2 aromatic rings. The summed E-state index contributed by atoms with van der Waals surface area (Å²) in [5, 5.41) is 11.9. The second-order valence-corrected chi connectivity index (χ2v) is 7.46. The molecule has 2 aromatic carbocycles. The molecule has 1 unspecified atom stereocenters. The smallest absolute Gasteiger partial charge is 0.279 e. The Labute approximate surface area is 150 Å². The van der Waals surface area contributed by atoms with Crippen LogP contribution in [0.15, 0.2) is 48.5 Å². The zero-order valence-corrected chi connectivity index (χ0v) is 15.4. The van der Waals surface area contributed by atoms with Crippen LogP contribution in [-0.4, -0.2) is 19.5 Å². The zero-order valence-electron chi connectivity index (χ0n) is 15.4. The van der Waals surface area contributed by atoms with E-state index >= 15 is 0 Å². The highest BCUT2D eigenvalue weighted by Crippen LogP contribution is 2.21. The SMILES string of the molecule is C[NH+](CC(=O)Nc1ccccc1C#N)Cc1ccc(C(C)(C)C)cc1. The molecule has 0 aliphatic heterocycles. The van der Waals surface area contributed by atoms with Gasteiger partial charge in [0.25, 0.3) is 5.91 Å². The van der Waals surface area contributed by atoms with E-state index in [9.17, 15) is 4.79 Å². The van der Waals surface area contributed by atoms with Crippen LogP contribution in [0.5, 0.6) is 0 Å². The number of carbonyl (C=O) groups is 1. The Morgan fingerprint density at radius 2 is 1.76 bits per heavy atom. The lowest BCUT2D eigenvalue weighted by molar-refractivity contribution is -0.885. The maximum atomic E-state index is 12.2. The molecule has 0 spiro atoms. The van der Waals surface area contributed by atoms with Crippen molar-refractivity contribution in [2.45, 2.75) is 32.7 Å². The highest BCUT2D eigenvalue weighted by atomic mass is 16.2. The molecule has 0 fully saturated rings. The number of anilines is 1. The van der Waals surface area contributed by atoms with E-state index in [1.807, 2.05) is 13.1 Å². The van der Waals surface area contributed by atoms with Gasteiger partial charge in [-0.2, -0.15) is 5.26 Å². The van der Waals surface area contributed by atoms with Crippen LogP contribution >= 0.6 is 0 Å². The minimum atomic E-state index is -0.0912. The van der Waals surface area contributed by atoms with Crippen LogP contribution < -0.4 is 10.2 Å². The Morgan fingerprint density at radius 3 is 2.36 bits per heavy atom. The van der Waals surface area contributed by atoms with Crippen LogP contribution in [0.3, 0.4) is 0 Å². The number of nitrogens with one attached hydrogen (secondary N) is 2. The quantitative estimate of drug-likeness (QED) is 0.881. The van der Waals surface area contributed by atoms with Crippen molar-refractivity contribution in [2.24, 2.45) is 0 Å². The predicted molar refractivity (Wildman–Crippen MR) is 100 cm³/mol. The van der Waals surface area contributed by atoms with Crippen LogP contribution in [0.4, 0.5) is 5.69 Å². The number of hydrogen-bond acceptors (Lipinski definition) is 2. The molecule has 1 atom stereocenters. The molecule has 25 heavy (non-hydrogen) atoms. The first kappa shape index (κ1) is 18.7. The first-order valence-corrected chi connectivity index (χ1v) is 8.49. The van der Waals surface area contributed by atoms with Gasteiger partial charge in [-0.3, -0.25) is 4.79 Å². The average Bonchev–Trinajstić information content (AvgIpc) is 2.54. The topological polar surface area (TPSA) is 57.3 Å². The Bertz CT molecular complexity index is 767.